The van der Waals surface area contributed by atoms with Crippen LogP contribution in [0.5, 0.6) is 0 Å². The summed E-state index contributed by atoms with van der Waals surface area (Å²) in [5.74, 6) is 0.437. The number of aromatic nitrogens is 2. The van der Waals surface area contributed by atoms with Gasteiger partial charge in [0.25, 0.3) is 5.56 Å². The predicted octanol–water partition coefficient (Wildman–Crippen LogP) is 0.353. The van der Waals surface area contributed by atoms with Crippen molar-refractivity contribution in [1.82, 2.24) is 14.9 Å². The predicted molar refractivity (Wildman–Crippen MR) is 70.4 cm³/mol. The average Bonchev–Trinajstić information content (AvgIpc) is 2.31. The van der Waals surface area contributed by atoms with Crippen LogP contribution in [-0.2, 0) is 11.8 Å². The van der Waals surface area contributed by atoms with E-state index in [0.29, 0.717) is 12.5 Å². The average molecular weight is 252 g/mol. The molecule has 6 heteroatoms. The third-order valence-electron chi connectivity index (χ3n) is 2.45. The minimum atomic E-state index is -0.494. The van der Waals surface area contributed by atoms with E-state index in [0.717, 1.165) is 0 Å². The second kappa shape index (κ2) is 6.18. The largest absolute Gasteiger partial charge is 0.354 e. The van der Waals surface area contributed by atoms with E-state index < -0.39 is 6.04 Å². The smallest absolute Gasteiger partial charge is 0.293 e. The molecule has 0 aromatic carbocycles. The normalized spacial score (nSPS) is 12.3. The molecule has 0 saturated heterocycles. The molecule has 0 saturated carbocycles. The molecule has 1 heterocycles. The summed E-state index contributed by atoms with van der Waals surface area (Å²) < 4.78 is 1.41. The first kappa shape index (κ1) is 14.2. The van der Waals surface area contributed by atoms with E-state index in [-0.39, 0.29) is 17.3 Å². The number of carbonyl (C=O) groups excluding carboxylic acids is 1. The number of hydrogen-bond donors (Lipinski definition) is 2. The van der Waals surface area contributed by atoms with Gasteiger partial charge >= 0.3 is 0 Å². The molecule has 0 aliphatic carbocycles. The summed E-state index contributed by atoms with van der Waals surface area (Å²) in [6.07, 6.45) is 3.08. The second-order valence-electron chi connectivity index (χ2n) is 4.70. The Bertz CT molecular complexity index is 467. The van der Waals surface area contributed by atoms with Crippen LogP contribution in [0, 0.1) is 5.92 Å². The zero-order valence-electron chi connectivity index (χ0n) is 11.2. The first-order valence-corrected chi connectivity index (χ1v) is 5.97. The van der Waals surface area contributed by atoms with Crippen LogP contribution in [0.25, 0.3) is 0 Å². The summed E-state index contributed by atoms with van der Waals surface area (Å²) in [5.41, 5.74) is -0.249. The Balaban J connectivity index is 2.64. The Morgan fingerprint density at radius 1 is 1.44 bits per heavy atom. The molecule has 1 aromatic rings. The van der Waals surface area contributed by atoms with Crippen molar-refractivity contribution >= 4 is 11.7 Å². The molecule has 18 heavy (non-hydrogen) atoms. The highest BCUT2D eigenvalue weighted by Gasteiger charge is 2.14. The van der Waals surface area contributed by atoms with Gasteiger partial charge in [-0.25, -0.2) is 4.98 Å². The number of rotatable bonds is 5. The first-order valence-electron chi connectivity index (χ1n) is 5.97. The highest BCUT2D eigenvalue weighted by Crippen LogP contribution is 1.97. The van der Waals surface area contributed by atoms with Gasteiger partial charge in [-0.3, -0.25) is 9.59 Å². The number of anilines is 1. The van der Waals surface area contributed by atoms with Crippen molar-refractivity contribution in [3.05, 3.63) is 22.7 Å². The molecule has 1 aromatic heterocycles. The molecule has 1 atom stereocenters. The lowest BCUT2D eigenvalue weighted by atomic mass is 10.2. The maximum absolute atomic E-state index is 11.7. The number of amides is 1. The van der Waals surface area contributed by atoms with Crippen LogP contribution in [-0.4, -0.2) is 28.0 Å². The fourth-order valence-electron chi connectivity index (χ4n) is 1.33. The summed E-state index contributed by atoms with van der Waals surface area (Å²) in [6, 6.07) is -0.494. The summed E-state index contributed by atoms with van der Waals surface area (Å²) in [4.78, 5) is 27.4. The molecule has 1 rings (SSSR count). The Labute approximate surface area is 106 Å². The van der Waals surface area contributed by atoms with E-state index in [1.165, 1.54) is 10.8 Å². The maximum Gasteiger partial charge on any atom is 0.293 e. The summed E-state index contributed by atoms with van der Waals surface area (Å²) in [5, 5.41) is 5.62. The molecule has 0 fully saturated rings. The third-order valence-corrected chi connectivity index (χ3v) is 2.45. The van der Waals surface area contributed by atoms with Crippen LogP contribution >= 0.6 is 0 Å². The summed E-state index contributed by atoms with van der Waals surface area (Å²) in [7, 11) is 1.64. The zero-order valence-corrected chi connectivity index (χ0v) is 11.2. The highest BCUT2D eigenvalue weighted by atomic mass is 16.2. The van der Waals surface area contributed by atoms with Gasteiger partial charge < -0.3 is 15.2 Å². The van der Waals surface area contributed by atoms with Crippen LogP contribution in [0.3, 0.4) is 0 Å². The molecule has 0 spiro atoms. The number of nitrogens with one attached hydrogen (secondary N) is 2. The van der Waals surface area contributed by atoms with Gasteiger partial charge in [0, 0.05) is 26.0 Å². The number of hydrogen-bond acceptors (Lipinski definition) is 4. The van der Waals surface area contributed by atoms with E-state index in [4.69, 9.17) is 0 Å². The van der Waals surface area contributed by atoms with Gasteiger partial charge in [-0.15, -0.1) is 0 Å². The SMILES string of the molecule is CC(C)CNC(=O)C(C)Nc1nccn(C)c1=O. The molecule has 6 nitrogen and oxygen atoms in total. The van der Waals surface area contributed by atoms with E-state index in [2.05, 4.69) is 15.6 Å². The Morgan fingerprint density at radius 3 is 2.72 bits per heavy atom. The van der Waals surface area contributed by atoms with E-state index in [1.807, 2.05) is 13.8 Å². The lowest BCUT2D eigenvalue weighted by Gasteiger charge is -2.15. The number of carbonyl (C=O) groups is 1. The molecule has 0 bridgehead atoms. The highest BCUT2D eigenvalue weighted by molar-refractivity contribution is 5.83. The van der Waals surface area contributed by atoms with E-state index >= 15 is 0 Å². The summed E-state index contributed by atoms with van der Waals surface area (Å²) >= 11 is 0. The molecule has 0 aliphatic heterocycles. The maximum atomic E-state index is 11.7. The minimum Gasteiger partial charge on any atom is -0.354 e. The van der Waals surface area contributed by atoms with Crippen molar-refractivity contribution in [2.45, 2.75) is 26.8 Å². The molecule has 0 radical (unpaired) electrons. The van der Waals surface area contributed by atoms with E-state index in [9.17, 15) is 9.59 Å². The standard InChI is InChI=1S/C12H20N4O2/c1-8(2)7-14-11(17)9(3)15-10-12(18)16(4)6-5-13-10/h5-6,8-9H,7H2,1-4H3,(H,13,15)(H,14,17). The topological polar surface area (TPSA) is 76.0 Å². The van der Waals surface area contributed by atoms with E-state index in [1.54, 1.807) is 20.2 Å². The number of nitrogens with zero attached hydrogens (tertiary/aromatic N) is 2. The molecular weight excluding hydrogens is 232 g/mol. The van der Waals surface area contributed by atoms with Crippen molar-refractivity contribution in [3.8, 4) is 0 Å². The van der Waals surface area contributed by atoms with Crippen LogP contribution in [0.2, 0.25) is 0 Å². The Hall–Kier alpha value is -1.85. The molecule has 2 N–H and O–H groups in total. The zero-order chi connectivity index (χ0) is 13.7. The lowest BCUT2D eigenvalue weighted by Crippen LogP contribution is -2.40. The first-order chi connectivity index (χ1) is 8.41. The van der Waals surface area contributed by atoms with Gasteiger partial charge in [-0.2, -0.15) is 0 Å². The molecule has 1 amide bonds. The third kappa shape index (κ3) is 3.87. The van der Waals surface area contributed by atoms with Crippen molar-refractivity contribution in [2.24, 2.45) is 13.0 Å². The Morgan fingerprint density at radius 2 is 2.11 bits per heavy atom. The molecule has 100 valence electrons. The fourth-order valence-corrected chi connectivity index (χ4v) is 1.33. The molecule has 0 aliphatic rings. The van der Waals surface area contributed by atoms with Gasteiger partial charge in [0.2, 0.25) is 5.91 Å². The minimum absolute atomic E-state index is 0.142. The van der Waals surface area contributed by atoms with Gasteiger partial charge in [-0.05, 0) is 12.8 Å². The fraction of sp³-hybridized carbons (Fsp3) is 0.583. The van der Waals surface area contributed by atoms with Crippen LogP contribution in [0.1, 0.15) is 20.8 Å². The van der Waals surface area contributed by atoms with Gasteiger partial charge in [0.1, 0.15) is 6.04 Å². The van der Waals surface area contributed by atoms with Crippen molar-refractivity contribution in [1.29, 1.82) is 0 Å². The van der Waals surface area contributed by atoms with Crippen LogP contribution < -0.4 is 16.2 Å². The van der Waals surface area contributed by atoms with Crippen molar-refractivity contribution in [2.75, 3.05) is 11.9 Å². The monoisotopic (exact) mass is 252 g/mol. The Kier molecular flexibility index (Phi) is 4.88. The van der Waals surface area contributed by atoms with Crippen LogP contribution in [0.4, 0.5) is 5.82 Å². The lowest BCUT2D eigenvalue weighted by molar-refractivity contribution is -0.121. The van der Waals surface area contributed by atoms with Crippen LogP contribution in [0.15, 0.2) is 17.2 Å². The molecular formula is C12H20N4O2. The molecule has 1 unspecified atom stereocenters. The second-order valence-corrected chi connectivity index (χ2v) is 4.70. The van der Waals surface area contributed by atoms with Gasteiger partial charge in [-0.1, -0.05) is 13.8 Å². The van der Waals surface area contributed by atoms with Gasteiger partial charge in [0.05, 0.1) is 0 Å². The van der Waals surface area contributed by atoms with Gasteiger partial charge in [0.15, 0.2) is 5.82 Å². The quantitative estimate of drug-likeness (QED) is 0.793. The van der Waals surface area contributed by atoms with Crippen molar-refractivity contribution in [3.63, 3.8) is 0 Å². The summed E-state index contributed by atoms with van der Waals surface area (Å²) in [6.45, 7) is 6.36. The number of aryl methyl sites for hydroxylation is 1. The van der Waals surface area contributed by atoms with Crippen molar-refractivity contribution < 1.29 is 4.79 Å².